The van der Waals surface area contributed by atoms with E-state index in [1.54, 1.807) is 6.07 Å². The third-order valence-corrected chi connectivity index (χ3v) is 5.64. The van der Waals surface area contributed by atoms with Crippen LogP contribution in [0.5, 0.6) is 0 Å². The fourth-order valence-electron chi connectivity index (χ4n) is 2.80. The van der Waals surface area contributed by atoms with Crippen molar-refractivity contribution in [3.8, 4) is 0 Å². The van der Waals surface area contributed by atoms with Crippen LogP contribution >= 0.6 is 0 Å². The van der Waals surface area contributed by atoms with E-state index in [2.05, 4.69) is 14.7 Å². The first kappa shape index (κ1) is 19.9. The predicted molar refractivity (Wildman–Crippen MR) is 103 cm³/mol. The molecule has 0 aliphatic carbocycles. The fourth-order valence-corrected chi connectivity index (χ4v) is 3.78. The van der Waals surface area contributed by atoms with Gasteiger partial charge >= 0.3 is 0 Å². The molecule has 0 unspecified atom stereocenters. The minimum atomic E-state index is -3.80. The lowest BCUT2D eigenvalue weighted by Crippen LogP contribution is -2.28. The van der Waals surface area contributed by atoms with Crippen molar-refractivity contribution in [3.05, 3.63) is 41.9 Å². The van der Waals surface area contributed by atoms with Gasteiger partial charge in [-0.05, 0) is 31.2 Å². The van der Waals surface area contributed by atoms with Gasteiger partial charge in [0.2, 0.25) is 21.8 Å². The zero-order valence-electron chi connectivity index (χ0n) is 15.8. The van der Waals surface area contributed by atoms with Crippen molar-refractivity contribution in [2.24, 2.45) is 0 Å². The molecule has 1 saturated heterocycles. The topological polar surface area (TPSA) is 113 Å². The summed E-state index contributed by atoms with van der Waals surface area (Å²) in [6.45, 7) is 1.75. The number of sulfonamides is 1. The molecule has 0 spiro atoms. The summed E-state index contributed by atoms with van der Waals surface area (Å²) < 4.78 is 27.6. The van der Waals surface area contributed by atoms with Gasteiger partial charge in [-0.15, -0.1) is 0 Å². The number of hydrogen-bond acceptors (Lipinski definition) is 7. The average Bonchev–Trinajstić information content (AvgIpc) is 2.98. The van der Waals surface area contributed by atoms with Crippen molar-refractivity contribution in [2.75, 3.05) is 23.9 Å². The smallest absolute Gasteiger partial charge is 0.240 e. The molecule has 1 aliphatic heterocycles. The molecule has 28 heavy (non-hydrogen) atoms. The van der Waals surface area contributed by atoms with Gasteiger partial charge in [-0.3, -0.25) is 14.5 Å². The van der Waals surface area contributed by atoms with Crippen LogP contribution < -0.4 is 14.5 Å². The van der Waals surface area contributed by atoms with Crippen molar-refractivity contribution in [2.45, 2.75) is 31.2 Å². The van der Waals surface area contributed by atoms with Gasteiger partial charge in [0.25, 0.3) is 0 Å². The molecule has 148 valence electrons. The SMILES string of the molecule is Cc1cc(N(C)C)nc(CNS(=O)(=O)c2ccc(N3C(=O)CCC3=O)cc2)n1. The number of rotatable bonds is 6. The first-order chi connectivity index (χ1) is 13.2. The van der Waals surface area contributed by atoms with E-state index in [1.165, 1.54) is 24.3 Å². The lowest BCUT2D eigenvalue weighted by atomic mass is 10.3. The highest BCUT2D eigenvalue weighted by molar-refractivity contribution is 7.89. The summed E-state index contributed by atoms with van der Waals surface area (Å²) in [7, 11) is -0.123. The maximum absolute atomic E-state index is 12.5. The second-order valence-electron chi connectivity index (χ2n) is 6.62. The highest BCUT2D eigenvalue weighted by Gasteiger charge is 2.30. The van der Waals surface area contributed by atoms with Crippen LogP contribution in [0.3, 0.4) is 0 Å². The normalized spacial score (nSPS) is 14.6. The summed E-state index contributed by atoms with van der Waals surface area (Å²) in [6.07, 6.45) is 0.345. The van der Waals surface area contributed by atoms with Crippen LogP contribution in [0.25, 0.3) is 0 Å². The van der Waals surface area contributed by atoms with Crippen LogP contribution in [-0.2, 0) is 26.2 Å². The number of carbonyl (C=O) groups excluding carboxylic acids is 2. The van der Waals surface area contributed by atoms with Crippen molar-refractivity contribution >= 4 is 33.3 Å². The summed E-state index contributed by atoms with van der Waals surface area (Å²) in [5.41, 5.74) is 1.10. The quantitative estimate of drug-likeness (QED) is 0.716. The Hall–Kier alpha value is -2.85. The molecule has 2 aromatic rings. The van der Waals surface area contributed by atoms with E-state index in [4.69, 9.17) is 0 Å². The highest BCUT2D eigenvalue weighted by Crippen LogP contribution is 2.24. The Morgan fingerprint density at radius 2 is 1.68 bits per heavy atom. The van der Waals surface area contributed by atoms with Crippen LogP contribution in [0.1, 0.15) is 24.4 Å². The second-order valence-corrected chi connectivity index (χ2v) is 8.39. The monoisotopic (exact) mass is 403 g/mol. The minimum absolute atomic E-state index is 0.0239. The van der Waals surface area contributed by atoms with Gasteiger partial charge in [0, 0.05) is 38.7 Å². The van der Waals surface area contributed by atoms with E-state index in [-0.39, 0.29) is 36.1 Å². The summed E-state index contributed by atoms with van der Waals surface area (Å²) in [5, 5.41) is 0. The number of amides is 2. The summed E-state index contributed by atoms with van der Waals surface area (Å²) in [6, 6.07) is 7.42. The Morgan fingerprint density at radius 3 is 2.25 bits per heavy atom. The zero-order chi connectivity index (χ0) is 20.5. The second kappa shape index (κ2) is 7.64. The van der Waals surface area contributed by atoms with Gasteiger partial charge < -0.3 is 4.90 Å². The zero-order valence-corrected chi connectivity index (χ0v) is 16.7. The number of aryl methyl sites for hydroxylation is 1. The van der Waals surface area contributed by atoms with E-state index in [0.717, 1.165) is 10.6 Å². The minimum Gasteiger partial charge on any atom is -0.363 e. The summed E-state index contributed by atoms with van der Waals surface area (Å²) in [5.74, 6) is 0.474. The van der Waals surface area contributed by atoms with E-state index < -0.39 is 10.0 Å². The fraction of sp³-hybridized carbons (Fsp3) is 0.333. The molecule has 3 rings (SSSR count). The van der Waals surface area contributed by atoms with Gasteiger partial charge in [-0.25, -0.2) is 23.1 Å². The number of hydrogen-bond donors (Lipinski definition) is 1. The maximum atomic E-state index is 12.5. The Balaban J connectivity index is 1.75. The Labute approximate surface area is 163 Å². The Morgan fingerprint density at radius 1 is 1.07 bits per heavy atom. The molecule has 9 nitrogen and oxygen atoms in total. The largest absolute Gasteiger partial charge is 0.363 e. The van der Waals surface area contributed by atoms with Crippen molar-refractivity contribution in [3.63, 3.8) is 0 Å². The summed E-state index contributed by atoms with van der Waals surface area (Å²) in [4.78, 5) is 35.1. The lowest BCUT2D eigenvalue weighted by molar-refractivity contribution is -0.121. The first-order valence-corrected chi connectivity index (χ1v) is 10.1. The first-order valence-electron chi connectivity index (χ1n) is 8.65. The number of carbonyl (C=O) groups is 2. The molecule has 1 fully saturated rings. The molecule has 0 saturated carbocycles. The Bertz CT molecular complexity index is 1000. The maximum Gasteiger partial charge on any atom is 0.240 e. The average molecular weight is 403 g/mol. The lowest BCUT2D eigenvalue weighted by Gasteiger charge is -2.15. The van der Waals surface area contributed by atoms with E-state index in [9.17, 15) is 18.0 Å². The van der Waals surface area contributed by atoms with Crippen LogP contribution in [0.15, 0.2) is 35.2 Å². The highest BCUT2D eigenvalue weighted by atomic mass is 32.2. The number of imide groups is 1. The van der Waals surface area contributed by atoms with Crippen molar-refractivity contribution in [1.29, 1.82) is 0 Å². The molecule has 10 heteroatoms. The molecule has 1 aromatic heterocycles. The number of benzene rings is 1. The van der Waals surface area contributed by atoms with Crippen LogP contribution in [-0.4, -0.2) is 44.3 Å². The molecule has 2 heterocycles. The van der Waals surface area contributed by atoms with Crippen LogP contribution in [0, 0.1) is 6.92 Å². The van der Waals surface area contributed by atoms with E-state index in [1.807, 2.05) is 25.9 Å². The number of anilines is 2. The standard InChI is InChI=1S/C18H21N5O4S/c1-12-10-16(22(2)3)21-15(20-12)11-19-28(26,27)14-6-4-13(5-7-14)23-17(24)8-9-18(23)25/h4-7,10,19H,8-9,11H2,1-3H3. The number of nitrogens with zero attached hydrogens (tertiary/aromatic N) is 4. The third-order valence-electron chi connectivity index (χ3n) is 4.22. The number of nitrogens with one attached hydrogen (secondary N) is 1. The van der Waals surface area contributed by atoms with Gasteiger partial charge in [-0.1, -0.05) is 0 Å². The van der Waals surface area contributed by atoms with Crippen molar-refractivity contribution in [1.82, 2.24) is 14.7 Å². The van der Waals surface area contributed by atoms with Gasteiger partial charge in [0.05, 0.1) is 17.1 Å². The molecular formula is C18H21N5O4S. The Kier molecular flexibility index (Phi) is 5.43. The molecule has 0 radical (unpaired) electrons. The third kappa shape index (κ3) is 4.18. The van der Waals surface area contributed by atoms with E-state index >= 15 is 0 Å². The predicted octanol–water partition coefficient (Wildman–Crippen LogP) is 0.983. The molecule has 1 aromatic carbocycles. The molecule has 1 N–H and O–H groups in total. The van der Waals surface area contributed by atoms with Gasteiger partial charge in [0.15, 0.2) is 0 Å². The summed E-state index contributed by atoms with van der Waals surface area (Å²) >= 11 is 0. The number of aromatic nitrogens is 2. The van der Waals surface area contributed by atoms with Crippen LogP contribution in [0.4, 0.5) is 11.5 Å². The molecule has 2 amide bonds. The molecule has 1 aliphatic rings. The van der Waals surface area contributed by atoms with Crippen LogP contribution in [0.2, 0.25) is 0 Å². The van der Waals surface area contributed by atoms with Gasteiger partial charge in [0.1, 0.15) is 11.6 Å². The molecular weight excluding hydrogens is 382 g/mol. The van der Waals surface area contributed by atoms with Gasteiger partial charge in [-0.2, -0.15) is 0 Å². The molecule has 0 atom stereocenters. The van der Waals surface area contributed by atoms with Crippen molar-refractivity contribution < 1.29 is 18.0 Å². The van der Waals surface area contributed by atoms with E-state index in [0.29, 0.717) is 17.3 Å². The molecule has 0 bridgehead atoms.